The van der Waals surface area contributed by atoms with Crippen LogP contribution in [0.5, 0.6) is 0 Å². The lowest BCUT2D eigenvalue weighted by Crippen LogP contribution is -2.34. The lowest BCUT2D eigenvalue weighted by molar-refractivity contribution is 0.0929. The van der Waals surface area contributed by atoms with Crippen molar-refractivity contribution < 1.29 is 17.9 Å². The molecule has 0 spiro atoms. The maximum atomic E-state index is 13.3. The average molecular weight is 459 g/mol. The summed E-state index contributed by atoms with van der Waals surface area (Å²) in [6.45, 7) is 4.23. The number of ether oxygens (including phenoxy) is 1. The summed E-state index contributed by atoms with van der Waals surface area (Å²) in [6.07, 6.45) is 0.607. The van der Waals surface area contributed by atoms with Crippen LogP contribution in [0.25, 0.3) is 0 Å². The number of hydrogen-bond donors (Lipinski definition) is 1. The Balaban J connectivity index is 2.43. The Morgan fingerprint density at radius 2 is 1.83 bits per heavy atom. The zero-order valence-corrected chi connectivity index (χ0v) is 18.8. The molecule has 2 rings (SSSR count). The van der Waals surface area contributed by atoms with Gasteiger partial charge in [0.2, 0.25) is 0 Å². The van der Waals surface area contributed by atoms with Gasteiger partial charge in [0.25, 0.3) is 15.9 Å². The monoisotopic (exact) mass is 458 g/mol. The highest BCUT2D eigenvalue weighted by Crippen LogP contribution is 2.32. The molecule has 0 aliphatic heterocycles. The molecule has 2 aromatic carbocycles. The predicted octanol–water partition coefficient (Wildman–Crippen LogP) is 4.36. The lowest BCUT2D eigenvalue weighted by Gasteiger charge is -2.24. The van der Waals surface area contributed by atoms with Gasteiger partial charge in [0, 0.05) is 26.3 Å². The van der Waals surface area contributed by atoms with Crippen molar-refractivity contribution >= 4 is 44.8 Å². The summed E-state index contributed by atoms with van der Waals surface area (Å²) >= 11 is 12.4. The second kappa shape index (κ2) is 10.3. The van der Waals surface area contributed by atoms with Gasteiger partial charge in [-0.1, -0.05) is 41.4 Å². The Bertz CT molecular complexity index is 952. The molecule has 1 N–H and O–H groups in total. The molecule has 0 fully saturated rings. The van der Waals surface area contributed by atoms with Gasteiger partial charge in [0.05, 0.1) is 21.3 Å². The van der Waals surface area contributed by atoms with Crippen molar-refractivity contribution in [3.05, 3.63) is 58.1 Å². The second-order valence-electron chi connectivity index (χ2n) is 6.42. The first kappa shape index (κ1) is 23.5. The molecule has 0 radical (unpaired) electrons. The molecule has 0 aliphatic rings. The van der Waals surface area contributed by atoms with Crippen LogP contribution in [-0.4, -0.2) is 40.6 Å². The number of benzene rings is 2. The highest BCUT2D eigenvalue weighted by Gasteiger charge is 2.28. The van der Waals surface area contributed by atoms with E-state index < -0.39 is 15.9 Å². The van der Waals surface area contributed by atoms with E-state index in [-0.39, 0.29) is 33.1 Å². The normalized spacial score (nSPS) is 12.4. The molecular weight excluding hydrogens is 435 g/mol. The molecule has 0 saturated heterocycles. The van der Waals surface area contributed by atoms with Crippen LogP contribution in [-0.2, 0) is 14.8 Å². The van der Waals surface area contributed by atoms with Crippen molar-refractivity contribution in [3.8, 4) is 0 Å². The highest BCUT2D eigenvalue weighted by atomic mass is 35.5. The van der Waals surface area contributed by atoms with E-state index in [0.29, 0.717) is 18.7 Å². The van der Waals surface area contributed by atoms with E-state index in [2.05, 4.69) is 5.32 Å². The number of anilines is 1. The Labute approximate surface area is 181 Å². The molecule has 1 atom stereocenters. The molecule has 1 unspecified atom stereocenters. The van der Waals surface area contributed by atoms with Crippen LogP contribution in [0.15, 0.2) is 47.4 Å². The minimum Gasteiger partial charge on any atom is -0.385 e. The van der Waals surface area contributed by atoms with E-state index in [1.807, 2.05) is 6.92 Å². The van der Waals surface area contributed by atoms with Gasteiger partial charge in [0.15, 0.2) is 0 Å². The number of nitrogens with zero attached hydrogens (tertiary/aromatic N) is 1. The second-order valence-corrected chi connectivity index (χ2v) is 9.07. The van der Waals surface area contributed by atoms with Crippen LogP contribution in [0, 0.1) is 0 Å². The number of halogens is 2. The number of rotatable bonds is 9. The first-order valence-corrected chi connectivity index (χ1v) is 11.3. The van der Waals surface area contributed by atoms with E-state index >= 15 is 0 Å². The molecule has 0 aromatic heterocycles. The average Bonchev–Trinajstić information content (AvgIpc) is 2.67. The zero-order valence-electron chi connectivity index (χ0n) is 16.5. The third-order valence-electron chi connectivity index (χ3n) is 4.30. The number of nitrogens with one attached hydrogen (secondary N) is 1. The number of amides is 1. The molecule has 0 bridgehead atoms. The summed E-state index contributed by atoms with van der Waals surface area (Å²) in [7, 11) is -2.43. The molecule has 1 amide bonds. The van der Waals surface area contributed by atoms with Gasteiger partial charge in [-0.05, 0) is 44.5 Å². The fourth-order valence-corrected chi connectivity index (χ4v) is 5.08. The quantitative estimate of drug-likeness (QED) is 0.605. The van der Waals surface area contributed by atoms with Crippen LogP contribution < -0.4 is 9.62 Å². The van der Waals surface area contributed by atoms with Crippen molar-refractivity contribution in [1.29, 1.82) is 0 Å². The Morgan fingerprint density at radius 1 is 1.17 bits per heavy atom. The van der Waals surface area contributed by atoms with Crippen LogP contribution in [0.1, 0.15) is 30.6 Å². The number of sulfonamides is 1. The number of hydrogen-bond acceptors (Lipinski definition) is 4. The Hall–Kier alpha value is -1.80. The van der Waals surface area contributed by atoms with Gasteiger partial charge in [0.1, 0.15) is 4.90 Å². The van der Waals surface area contributed by atoms with Gasteiger partial charge in [-0.15, -0.1) is 0 Å². The Kier molecular flexibility index (Phi) is 8.34. The highest BCUT2D eigenvalue weighted by molar-refractivity contribution is 7.93. The molecule has 0 saturated carbocycles. The summed E-state index contributed by atoms with van der Waals surface area (Å²) in [5.41, 5.74) is 0.545. The molecule has 0 heterocycles. The van der Waals surface area contributed by atoms with Gasteiger partial charge in [-0.3, -0.25) is 9.10 Å². The summed E-state index contributed by atoms with van der Waals surface area (Å²) in [4.78, 5) is 12.5. The summed E-state index contributed by atoms with van der Waals surface area (Å²) in [5, 5.41) is 2.82. The van der Waals surface area contributed by atoms with E-state index in [9.17, 15) is 13.2 Å². The van der Waals surface area contributed by atoms with E-state index in [1.54, 1.807) is 44.4 Å². The third-order valence-corrected chi connectivity index (χ3v) is 6.98. The first-order valence-electron chi connectivity index (χ1n) is 9.09. The minimum absolute atomic E-state index is 0.0445. The molecule has 6 nitrogen and oxygen atoms in total. The summed E-state index contributed by atoms with van der Waals surface area (Å²) in [5.74, 6) is -0.477. The molecule has 9 heteroatoms. The molecular formula is C20H24Cl2N2O4S. The third kappa shape index (κ3) is 5.63. The van der Waals surface area contributed by atoms with Crippen LogP contribution >= 0.6 is 23.2 Å². The maximum Gasteiger partial charge on any atom is 0.265 e. The SMILES string of the molecule is CCN(c1ccccc1)S(=O)(=O)c1cc(C(=O)NC(C)CCOC)c(Cl)cc1Cl. The first-order chi connectivity index (χ1) is 13.7. The predicted molar refractivity (Wildman–Crippen MR) is 117 cm³/mol. The number of methoxy groups -OCH3 is 1. The number of para-hydroxylation sites is 1. The zero-order chi connectivity index (χ0) is 21.6. The Morgan fingerprint density at radius 3 is 2.41 bits per heavy atom. The van der Waals surface area contributed by atoms with E-state index in [4.69, 9.17) is 27.9 Å². The van der Waals surface area contributed by atoms with Crippen molar-refractivity contribution in [1.82, 2.24) is 5.32 Å². The molecule has 29 heavy (non-hydrogen) atoms. The van der Waals surface area contributed by atoms with Crippen LogP contribution in [0.4, 0.5) is 5.69 Å². The lowest BCUT2D eigenvalue weighted by atomic mass is 10.2. The standard InChI is InChI=1S/C20H24Cl2N2O4S/c1-4-24(15-8-6-5-7-9-15)29(26,27)19-12-16(17(21)13-18(19)22)20(25)23-14(2)10-11-28-3/h5-9,12-14H,4,10-11H2,1-3H3,(H,23,25). The fourth-order valence-electron chi connectivity index (χ4n) is 2.77. The molecule has 158 valence electrons. The van der Waals surface area contributed by atoms with Crippen molar-refractivity contribution in [2.24, 2.45) is 0 Å². The van der Waals surface area contributed by atoms with Gasteiger partial charge < -0.3 is 10.1 Å². The van der Waals surface area contributed by atoms with E-state index in [1.165, 1.54) is 16.4 Å². The largest absolute Gasteiger partial charge is 0.385 e. The smallest absolute Gasteiger partial charge is 0.265 e. The van der Waals surface area contributed by atoms with Gasteiger partial charge in [-0.25, -0.2) is 8.42 Å². The van der Waals surface area contributed by atoms with Crippen LogP contribution in [0.3, 0.4) is 0 Å². The minimum atomic E-state index is -4.01. The van der Waals surface area contributed by atoms with Crippen molar-refractivity contribution in [2.45, 2.75) is 31.2 Å². The fraction of sp³-hybridized carbons (Fsp3) is 0.350. The van der Waals surface area contributed by atoms with Crippen molar-refractivity contribution in [3.63, 3.8) is 0 Å². The van der Waals surface area contributed by atoms with Crippen LogP contribution in [0.2, 0.25) is 10.0 Å². The number of carbonyl (C=O) groups excluding carboxylic acids is 1. The van der Waals surface area contributed by atoms with Gasteiger partial charge >= 0.3 is 0 Å². The topological polar surface area (TPSA) is 75.7 Å². The summed E-state index contributed by atoms with van der Waals surface area (Å²) < 4.78 is 32.8. The van der Waals surface area contributed by atoms with E-state index in [0.717, 1.165) is 0 Å². The van der Waals surface area contributed by atoms with Gasteiger partial charge in [-0.2, -0.15) is 0 Å². The maximum absolute atomic E-state index is 13.3. The number of carbonyl (C=O) groups is 1. The summed E-state index contributed by atoms with van der Waals surface area (Å²) in [6, 6.07) is 11.0. The molecule has 2 aromatic rings. The molecule has 0 aliphatic carbocycles. The van der Waals surface area contributed by atoms with Crippen molar-refractivity contribution in [2.75, 3.05) is 24.6 Å².